The van der Waals surface area contributed by atoms with Crippen molar-refractivity contribution in [2.24, 2.45) is 5.92 Å². The molecule has 0 nitrogen and oxygen atoms in total. The van der Waals surface area contributed by atoms with Gasteiger partial charge in [-0.15, -0.1) is 0 Å². The molecule has 0 aromatic heterocycles. The lowest BCUT2D eigenvalue weighted by atomic mass is 9.85. The fourth-order valence-electron chi connectivity index (χ4n) is 2.29. The Kier molecular flexibility index (Phi) is 2.46. The summed E-state index contributed by atoms with van der Waals surface area (Å²) in [4.78, 5) is 0. The van der Waals surface area contributed by atoms with E-state index in [1.807, 2.05) is 0 Å². The van der Waals surface area contributed by atoms with Gasteiger partial charge in [0.1, 0.15) is 0 Å². The Labute approximate surface area is 93.0 Å². The van der Waals surface area contributed by atoms with E-state index in [0.717, 1.165) is 5.92 Å². The molecule has 1 aromatic carbocycles. The van der Waals surface area contributed by atoms with E-state index in [4.69, 9.17) is 0 Å². The van der Waals surface area contributed by atoms with Gasteiger partial charge in [-0.3, -0.25) is 0 Å². The molecular weight excluding hydrogens is 180 g/mol. The predicted molar refractivity (Wildman–Crippen MR) is 67.0 cm³/mol. The van der Waals surface area contributed by atoms with Gasteiger partial charge in [0.25, 0.3) is 0 Å². The van der Waals surface area contributed by atoms with Crippen molar-refractivity contribution in [2.75, 3.05) is 0 Å². The van der Waals surface area contributed by atoms with Gasteiger partial charge < -0.3 is 0 Å². The first-order valence-electron chi connectivity index (χ1n) is 5.82. The smallest absolute Gasteiger partial charge is 0.00846 e. The van der Waals surface area contributed by atoms with Crippen LogP contribution in [0.3, 0.4) is 0 Å². The van der Waals surface area contributed by atoms with E-state index >= 15 is 0 Å². The second kappa shape index (κ2) is 3.52. The summed E-state index contributed by atoms with van der Waals surface area (Å²) in [6.45, 7) is 9.12. The second-order valence-corrected chi connectivity index (χ2v) is 5.57. The van der Waals surface area contributed by atoms with Crippen molar-refractivity contribution in [3.8, 4) is 0 Å². The maximum absolute atomic E-state index is 2.38. The maximum Gasteiger partial charge on any atom is 0.00846 e. The zero-order valence-electron chi connectivity index (χ0n) is 10.2. The van der Waals surface area contributed by atoms with E-state index in [9.17, 15) is 0 Å². The standard InChI is InChI=1S/C15H20/c1-11(2)9-12-5-6-13-7-8-15(3,4)14(13)10-12/h5-8,10-11H,9H2,1-4H3. The molecule has 0 atom stereocenters. The molecule has 0 unspecified atom stereocenters. The SMILES string of the molecule is CC(C)Cc1ccc2c(c1)C(C)(C)C=C2. The minimum absolute atomic E-state index is 0.225. The van der Waals surface area contributed by atoms with Crippen LogP contribution in [0.1, 0.15) is 44.4 Å². The average Bonchev–Trinajstić information content (AvgIpc) is 2.42. The predicted octanol–water partition coefficient (Wildman–Crippen LogP) is 4.19. The Bertz CT molecular complexity index is 394. The van der Waals surface area contributed by atoms with Crippen LogP contribution < -0.4 is 0 Å². The Hall–Kier alpha value is -1.04. The van der Waals surface area contributed by atoms with Crippen molar-refractivity contribution in [2.45, 2.75) is 39.5 Å². The molecule has 0 bridgehead atoms. The van der Waals surface area contributed by atoms with Crippen LogP contribution in [-0.4, -0.2) is 0 Å². The zero-order valence-corrected chi connectivity index (χ0v) is 10.2. The summed E-state index contributed by atoms with van der Waals surface area (Å²) >= 11 is 0. The van der Waals surface area contributed by atoms with Crippen molar-refractivity contribution in [3.63, 3.8) is 0 Å². The van der Waals surface area contributed by atoms with Gasteiger partial charge in [-0.25, -0.2) is 0 Å². The van der Waals surface area contributed by atoms with Crippen molar-refractivity contribution in [1.29, 1.82) is 0 Å². The third kappa shape index (κ3) is 1.99. The van der Waals surface area contributed by atoms with E-state index in [1.165, 1.54) is 23.1 Å². The summed E-state index contributed by atoms with van der Waals surface area (Å²) in [5, 5.41) is 0. The second-order valence-electron chi connectivity index (χ2n) is 5.57. The zero-order chi connectivity index (χ0) is 11.1. The lowest BCUT2D eigenvalue weighted by molar-refractivity contribution is 0.641. The van der Waals surface area contributed by atoms with Crippen molar-refractivity contribution in [1.82, 2.24) is 0 Å². The van der Waals surface area contributed by atoms with Gasteiger partial charge >= 0.3 is 0 Å². The van der Waals surface area contributed by atoms with Gasteiger partial charge in [0.2, 0.25) is 0 Å². The summed E-state index contributed by atoms with van der Waals surface area (Å²) in [6.07, 6.45) is 5.73. The average molecular weight is 200 g/mol. The molecule has 0 fully saturated rings. The Balaban J connectivity index is 2.36. The normalized spacial score (nSPS) is 17.1. The quantitative estimate of drug-likeness (QED) is 0.671. The topological polar surface area (TPSA) is 0 Å². The number of hydrogen-bond donors (Lipinski definition) is 0. The third-order valence-electron chi connectivity index (χ3n) is 3.14. The van der Waals surface area contributed by atoms with Crippen molar-refractivity contribution < 1.29 is 0 Å². The maximum atomic E-state index is 2.38. The van der Waals surface area contributed by atoms with Crippen LogP contribution in [-0.2, 0) is 11.8 Å². The van der Waals surface area contributed by atoms with E-state index in [2.05, 4.69) is 58.0 Å². The van der Waals surface area contributed by atoms with Crippen LogP contribution in [0.5, 0.6) is 0 Å². The third-order valence-corrected chi connectivity index (χ3v) is 3.14. The molecule has 0 heteroatoms. The first-order chi connectivity index (χ1) is 6.99. The summed E-state index contributed by atoms with van der Waals surface area (Å²) in [6, 6.07) is 6.91. The molecule has 0 aliphatic heterocycles. The fourth-order valence-corrected chi connectivity index (χ4v) is 2.29. The highest BCUT2D eigenvalue weighted by molar-refractivity contribution is 5.65. The highest BCUT2D eigenvalue weighted by atomic mass is 14.3. The number of allylic oxidation sites excluding steroid dienone is 1. The number of benzene rings is 1. The van der Waals surface area contributed by atoms with Crippen molar-refractivity contribution in [3.05, 3.63) is 41.0 Å². The minimum Gasteiger partial charge on any atom is -0.0739 e. The molecule has 0 heterocycles. The number of rotatable bonds is 2. The van der Waals surface area contributed by atoms with Crippen LogP contribution in [0, 0.1) is 5.92 Å². The molecule has 1 aromatic rings. The van der Waals surface area contributed by atoms with E-state index in [-0.39, 0.29) is 5.41 Å². The first-order valence-corrected chi connectivity index (χ1v) is 5.82. The molecule has 0 N–H and O–H groups in total. The minimum atomic E-state index is 0.225. The largest absolute Gasteiger partial charge is 0.0739 e. The molecule has 1 aliphatic carbocycles. The Morgan fingerprint density at radius 2 is 1.93 bits per heavy atom. The van der Waals surface area contributed by atoms with E-state index < -0.39 is 0 Å². The van der Waals surface area contributed by atoms with Gasteiger partial charge in [-0.1, -0.05) is 58.0 Å². The first kappa shape index (κ1) is 10.5. The van der Waals surface area contributed by atoms with Gasteiger partial charge in [0, 0.05) is 5.41 Å². The summed E-state index contributed by atoms with van der Waals surface area (Å²) in [7, 11) is 0. The highest BCUT2D eigenvalue weighted by Crippen LogP contribution is 2.35. The molecule has 0 saturated carbocycles. The van der Waals surface area contributed by atoms with E-state index in [0.29, 0.717) is 0 Å². The monoisotopic (exact) mass is 200 g/mol. The molecular formula is C15H20. The summed E-state index contributed by atoms with van der Waals surface area (Å²) in [5.74, 6) is 0.737. The van der Waals surface area contributed by atoms with Crippen LogP contribution in [0.15, 0.2) is 24.3 Å². The molecule has 1 aliphatic rings. The molecule has 2 rings (SSSR count). The molecule has 0 saturated heterocycles. The van der Waals surface area contributed by atoms with Crippen LogP contribution in [0.2, 0.25) is 0 Å². The van der Waals surface area contributed by atoms with Gasteiger partial charge in [-0.2, -0.15) is 0 Å². The Morgan fingerprint density at radius 3 is 2.60 bits per heavy atom. The molecule has 0 spiro atoms. The van der Waals surface area contributed by atoms with Gasteiger partial charge in [0.15, 0.2) is 0 Å². The van der Waals surface area contributed by atoms with Crippen LogP contribution >= 0.6 is 0 Å². The molecule has 0 amide bonds. The molecule has 80 valence electrons. The lowest BCUT2D eigenvalue weighted by Crippen LogP contribution is -2.11. The van der Waals surface area contributed by atoms with Gasteiger partial charge in [0.05, 0.1) is 0 Å². The summed E-state index contributed by atoms with van der Waals surface area (Å²) in [5.41, 5.74) is 4.58. The van der Waals surface area contributed by atoms with Crippen molar-refractivity contribution >= 4 is 6.08 Å². The Morgan fingerprint density at radius 1 is 1.20 bits per heavy atom. The molecule has 15 heavy (non-hydrogen) atoms. The van der Waals surface area contributed by atoms with E-state index in [1.54, 1.807) is 0 Å². The molecule has 0 radical (unpaired) electrons. The number of hydrogen-bond acceptors (Lipinski definition) is 0. The highest BCUT2D eigenvalue weighted by Gasteiger charge is 2.24. The lowest BCUT2D eigenvalue weighted by Gasteiger charge is -2.19. The van der Waals surface area contributed by atoms with Crippen LogP contribution in [0.4, 0.5) is 0 Å². The number of fused-ring (bicyclic) bond motifs is 1. The van der Waals surface area contributed by atoms with Gasteiger partial charge in [-0.05, 0) is 29.0 Å². The van der Waals surface area contributed by atoms with Crippen LogP contribution in [0.25, 0.3) is 6.08 Å². The fraction of sp³-hybridized carbons (Fsp3) is 0.467. The summed E-state index contributed by atoms with van der Waals surface area (Å²) < 4.78 is 0.